The van der Waals surface area contributed by atoms with Crippen LogP contribution in [0.1, 0.15) is 59.7 Å². The molecule has 0 bridgehead atoms. The van der Waals surface area contributed by atoms with E-state index in [1.807, 2.05) is 34.0 Å². The van der Waals surface area contributed by atoms with E-state index in [-0.39, 0.29) is 35.7 Å². The first-order valence-electron chi connectivity index (χ1n) is 13.7. The standard InChI is InChI=1S/C28H45N5O3Si/c1-19(2)24-25(20(3)4)36-37(8,35-24)15-14-32-17-22(30-31-32)18-33-26(34)23(29-27(33)28(5,6)7)16-21-12-10-9-11-13-21/h9-13,17,19-20,23-25,27,29H,14-16,18H2,1-8H3/t23-,24?,25?,27-,37?/m0/s1. The number of hydrogen-bond acceptors (Lipinski definition) is 6. The summed E-state index contributed by atoms with van der Waals surface area (Å²) in [6.07, 6.45) is 2.85. The number of nitrogens with one attached hydrogen (secondary N) is 1. The van der Waals surface area contributed by atoms with Crippen molar-refractivity contribution >= 4 is 14.5 Å². The highest BCUT2D eigenvalue weighted by molar-refractivity contribution is 6.66. The molecular weight excluding hydrogens is 482 g/mol. The van der Waals surface area contributed by atoms with Gasteiger partial charge in [0.05, 0.1) is 37.2 Å². The van der Waals surface area contributed by atoms with E-state index >= 15 is 0 Å². The number of amides is 1. The maximum absolute atomic E-state index is 13.5. The van der Waals surface area contributed by atoms with Gasteiger partial charge < -0.3 is 13.8 Å². The summed E-state index contributed by atoms with van der Waals surface area (Å²) >= 11 is 0. The summed E-state index contributed by atoms with van der Waals surface area (Å²) in [5, 5.41) is 12.4. The minimum atomic E-state index is -2.30. The first kappa shape index (κ1) is 27.9. The Labute approximate surface area is 223 Å². The summed E-state index contributed by atoms with van der Waals surface area (Å²) in [4.78, 5) is 15.4. The number of benzene rings is 1. The molecule has 4 rings (SSSR count). The molecule has 0 saturated carbocycles. The van der Waals surface area contributed by atoms with E-state index in [4.69, 9.17) is 8.85 Å². The highest BCUT2D eigenvalue weighted by Gasteiger charge is 2.49. The molecule has 2 aliphatic heterocycles. The van der Waals surface area contributed by atoms with E-state index in [0.717, 1.165) is 17.3 Å². The van der Waals surface area contributed by atoms with Gasteiger partial charge in [0.2, 0.25) is 5.91 Å². The van der Waals surface area contributed by atoms with Crippen molar-refractivity contribution in [2.24, 2.45) is 17.3 Å². The molecule has 2 fully saturated rings. The second-order valence-electron chi connectivity index (χ2n) is 12.7. The maximum atomic E-state index is 13.5. The van der Waals surface area contributed by atoms with E-state index < -0.39 is 8.56 Å². The van der Waals surface area contributed by atoms with Gasteiger partial charge in [-0.1, -0.05) is 84.0 Å². The molecule has 2 saturated heterocycles. The summed E-state index contributed by atoms with van der Waals surface area (Å²) in [6.45, 7) is 18.6. The second kappa shape index (κ2) is 11.0. The Morgan fingerprint density at radius 2 is 1.68 bits per heavy atom. The van der Waals surface area contributed by atoms with Crippen LogP contribution in [0.15, 0.2) is 36.5 Å². The third kappa shape index (κ3) is 6.50. The minimum Gasteiger partial charge on any atom is -0.388 e. The first-order valence-corrected chi connectivity index (χ1v) is 16.2. The van der Waals surface area contributed by atoms with Gasteiger partial charge in [-0.25, -0.2) is 0 Å². The number of hydrogen-bond donors (Lipinski definition) is 1. The fourth-order valence-electron chi connectivity index (χ4n) is 5.46. The number of aromatic nitrogens is 3. The van der Waals surface area contributed by atoms with Gasteiger partial charge in [0.25, 0.3) is 0 Å². The van der Waals surface area contributed by atoms with Crippen molar-refractivity contribution in [3.05, 3.63) is 47.8 Å². The molecule has 0 aliphatic carbocycles. The monoisotopic (exact) mass is 527 g/mol. The molecule has 0 spiro atoms. The molecule has 1 aromatic carbocycles. The molecule has 37 heavy (non-hydrogen) atoms. The maximum Gasteiger partial charge on any atom is 0.337 e. The smallest absolute Gasteiger partial charge is 0.337 e. The predicted octanol–water partition coefficient (Wildman–Crippen LogP) is 4.36. The van der Waals surface area contributed by atoms with Gasteiger partial charge in [0.1, 0.15) is 5.69 Å². The van der Waals surface area contributed by atoms with Crippen LogP contribution in [-0.2, 0) is 33.2 Å². The normalized spacial score (nSPS) is 28.7. The van der Waals surface area contributed by atoms with Gasteiger partial charge in [-0.15, -0.1) is 5.10 Å². The summed E-state index contributed by atoms with van der Waals surface area (Å²) in [5.41, 5.74) is 1.83. The van der Waals surface area contributed by atoms with Crippen molar-refractivity contribution in [3.8, 4) is 0 Å². The highest BCUT2D eigenvalue weighted by Crippen LogP contribution is 2.36. The Balaban J connectivity index is 1.40. The highest BCUT2D eigenvalue weighted by atomic mass is 28.4. The quantitative estimate of drug-likeness (QED) is 0.488. The van der Waals surface area contributed by atoms with E-state index in [0.29, 0.717) is 31.3 Å². The summed E-state index contributed by atoms with van der Waals surface area (Å²) < 4.78 is 15.0. The number of nitrogens with zero attached hydrogens (tertiary/aromatic N) is 4. The summed E-state index contributed by atoms with van der Waals surface area (Å²) in [5.74, 6) is 0.964. The molecule has 3 heterocycles. The van der Waals surface area contributed by atoms with E-state index in [2.05, 4.69) is 82.8 Å². The lowest BCUT2D eigenvalue weighted by atomic mass is 9.92. The van der Waals surface area contributed by atoms with Crippen LogP contribution >= 0.6 is 0 Å². The van der Waals surface area contributed by atoms with Crippen molar-refractivity contribution in [1.82, 2.24) is 25.2 Å². The van der Waals surface area contributed by atoms with Crippen LogP contribution in [-0.4, -0.2) is 58.8 Å². The zero-order valence-electron chi connectivity index (χ0n) is 23.8. The van der Waals surface area contributed by atoms with Crippen LogP contribution in [0.5, 0.6) is 0 Å². The molecule has 8 nitrogen and oxygen atoms in total. The summed E-state index contributed by atoms with van der Waals surface area (Å²) in [6, 6.07) is 10.8. The Hall–Kier alpha value is -2.07. The van der Waals surface area contributed by atoms with Crippen LogP contribution in [0.4, 0.5) is 0 Å². The van der Waals surface area contributed by atoms with Crippen LogP contribution in [0.3, 0.4) is 0 Å². The first-order chi connectivity index (χ1) is 17.4. The molecule has 0 radical (unpaired) electrons. The number of carbonyl (C=O) groups is 1. The van der Waals surface area contributed by atoms with Gasteiger partial charge >= 0.3 is 8.56 Å². The third-order valence-corrected chi connectivity index (χ3v) is 10.2. The molecule has 1 amide bonds. The summed E-state index contributed by atoms with van der Waals surface area (Å²) in [7, 11) is -2.30. The molecule has 2 aromatic rings. The van der Waals surface area contributed by atoms with Crippen LogP contribution < -0.4 is 5.32 Å². The fraction of sp³-hybridized carbons (Fsp3) is 0.679. The zero-order valence-corrected chi connectivity index (χ0v) is 24.8. The lowest BCUT2D eigenvalue weighted by molar-refractivity contribution is -0.132. The van der Waals surface area contributed by atoms with Gasteiger partial charge in [-0.3, -0.25) is 14.8 Å². The van der Waals surface area contributed by atoms with E-state index in [1.54, 1.807) is 0 Å². The Morgan fingerprint density at radius 3 is 2.24 bits per heavy atom. The largest absolute Gasteiger partial charge is 0.388 e. The van der Waals surface area contributed by atoms with Crippen LogP contribution in [0.2, 0.25) is 12.6 Å². The van der Waals surface area contributed by atoms with Crippen molar-refractivity contribution < 1.29 is 13.6 Å². The Morgan fingerprint density at radius 1 is 1.05 bits per heavy atom. The SMILES string of the molecule is CC(C)C1O[Si](C)(CCn2cc(CN3C(=O)[C@H](Cc4ccccc4)N[C@@H]3C(C)(C)C)nn2)OC1C(C)C. The van der Waals surface area contributed by atoms with Gasteiger partial charge in [-0.05, 0) is 35.8 Å². The fourth-order valence-corrected chi connectivity index (χ4v) is 8.35. The molecule has 4 atom stereocenters. The third-order valence-electron chi connectivity index (χ3n) is 7.48. The molecule has 2 unspecified atom stereocenters. The number of carbonyl (C=O) groups excluding carboxylic acids is 1. The van der Waals surface area contributed by atoms with E-state index in [9.17, 15) is 4.79 Å². The minimum absolute atomic E-state index is 0.0774. The van der Waals surface area contributed by atoms with Gasteiger partial charge in [-0.2, -0.15) is 0 Å². The molecular formula is C28H45N5O3Si. The topological polar surface area (TPSA) is 81.5 Å². The van der Waals surface area contributed by atoms with Gasteiger partial charge in [0, 0.05) is 12.6 Å². The predicted molar refractivity (Wildman–Crippen MR) is 147 cm³/mol. The molecule has 204 valence electrons. The average Bonchev–Trinajstić information content (AvgIpc) is 3.51. The Kier molecular flexibility index (Phi) is 8.28. The average molecular weight is 528 g/mol. The van der Waals surface area contributed by atoms with Crippen molar-refractivity contribution in [2.45, 2.75) is 105 Å². The molecule has 2 aliphatic rings. The van der Waals surface area contributed by atoms with Crippen molar-refractivity contribution in [1.29, 1.82) is 0 Å². The second-order valence-corrected chi connectivity index (χ2v) is 15.9. The van der Waals surface area contributed by atoms with Crippen molar-refractivity contribution in [2.75, 3.05) is 0 Å². The lowest BCUT2D eigenvalue weighted by Crippen LogP contribution is -2.46. The van der Waals surface area contributed by atoms with Crippen molar-refractivity contribution in [3.63, 3.8) is 0 Å². The molecule has 9 heteroatoms. The zero-order chi connectivity index (χ0) is 27.0. The number of rotatable bonds is 9. The van der Waals surface area contributed by atoms with Crippen LogP contribution in [0, 0.1) is 17.3 Å². The molecule has 1 N–H and O–H groups in total. The van der Waals surface area contributed by atoms with Crippen LogP contribution in [0.25, 0.3) is 0 Å². The lowest BCUT2D eigenvalue weighted by Gasteiger charge is -2.34. The Bertz CT molecular complexity index is 1040. The number of aryl methyl sites for hydroxylation is 1. The molecule has 1 aromatic heterocycles. The van der Waals surface area contributed by atoms with E-state index in [1.165, 1.54) is 0 Å². The van der Waals surface area contributed by atoms with Gasteiger partial charge in [0.15, 0.2) is 0 Å².